The van der Waals surface area contributed by atoms with Crippen molar-refractivity contribution in [2.24, 2.45) is 0 Å². The standard InChI is InChI=1S/C26H26F3N7O6S/c27-26(28,29)16-42-25-34-23-31-15-17-3-9-20(10-4-17)41-13-1-2-14-43(39,40)36-21(37)11-12-30-22(38)18-5-7-19(8-6-18)32-24(33-23)35-25/h1-10H,11-16H2,(H,30,38)(H,36,37)(H2,31,32,33,34,35). The van der Waals surface area contributed by atoms with Crippen molar-refractivity contribution in [2.45, 2.75) is 19.1 Å². The number of hydrogen-bond donors (Lipinski definition) is 4. The molecule has 6 rings (SSSR count). The topological polar surface area (TPSA) is 174 Å². The van der Waals surface area contributed by atoms with Gasteiger partial charge in [-0.15, -0.1) is 0 Å². The number of halogens is 3. The largest absolute Gasteiger partial charge is 0.490 e. The quantitative estimate of drug-likeness (QED) is 0.310. The van der Waals surface area contributed by atoms with Crippen molar-refractivity contribution in [2.75, 3.05) is 36.1 Å². The number of carbonyl (C=O) groups is 2. The number of amides is 2. The Balaban J connectivity index is 1.55. The molecule has 3 aliphatic heterocycles. The van der Waals surface area contributed by atoms with E-state index in [0.29, 0.717) is 11.4 Å². The van der Waals surface area contributed by atoms with Crippen LogP contribution < -0.4 is 30.1 Å². The minimum Gasteiger partial charge on any atom is -0.490 e. The molecular formula is C26H26F3N7O6S. The van der Waals surface area contributed by atoms with Gasteiger partial charge < -0.3 is 25.4 Å². The zero-order valence-electron chi connectivity index (χ0n) is 22.3. The molecule has 2 aromatic carbocycles. The molecule has 6 bridgehead atoms. The summed E-state index contributed by atoms with van der Waals surface area (Å²) in [4.78, 5) is 36.5. The summed E-state index contributed by atoms with van der Waals surface area (Å²) in [6, 6.07) is 12.2. The molecule has 0 saturated heterocycles. The minimum atomic E-state index is -4.61. The van der Waals surface area contributed by atoms with E-state index in [9.17, 15) is 31.2 Å². The molecule has 0 unspecified atom stereocenters. The fraction of sp³-hybridized carbons (Fsp3) is 0.269. The van der Waals surface area contributed by atoms with Crippen LogP contribution in [0.1, 0.15) is 22.3 Å². The zero-order valence-corrected chi connectivity index (χ0v) is 23.2. The molecular weight excluding hydrogens is 595 g/mol. The summed E-state index contributed by atoms with van der Waals surface area (Å²) in [6.07, 6.45) is -2.06. The fourth-order valence-electron chi connectivity index (χ4n) is 3.49. The number of anilines is 3. The molecule has 3 aromatic rings. The number of alkyl halides is 3. The average molecular weight is 622 g/mol. The maximum Gasteiger partial charge on any atom is 0.422 e. The molecule has 2 amide bonds. The number of ether oxygens (including phenoxy) is 2. The highest BCUT2D eigenvalue weighted by atomic mass is 32.2. The smallest absolute Gasteiger partial charge is 0.422 e. The number of nitrogens with zero attached hydrogens (tertiary/aromatic N) is 3. The summed E-state index contributed by atoms with van der Waals surface area (Å²) in [7, 11) is -3.92. The van der Waals surface area contributed by atoms with Crippen LogP contribution >= 0.6 is 0 Å². The number of nitrogens with one attached hydrogen (secondary N) is 4. The van der Waals surface area contributed by atoms with E-state index in [1.54, 1.807) is 24.3 Å². The first-order valence-electron chi connectivity index (χ1n) is 12.7. The molecule has 43 heavy (non-hydrogen) atoms. The van der Waals surface area contributed by atoms with E-state index in [4.69, 9.17) is 9.47 Å². The molecule has 17 heteroatoms. The summed E-state index contributed by atoms with van der Waals surface area (Å²) in [5, 5.41) is 8.27. The third-order valence-corrected chi connectivity index (χ3v) is 6.66. The molecule has 0 spiro atoms. The number of rotatable bonds is 2. The summed E-state index contributed by atoms with van der Waals surface area (Å²) < 4.78 is 74.7. The molecule has 0 radical (unpaired) electrons. The highest BCUT2D eigenvalue weighted by Crippen LogP contribution is 2.21. The summed E-state index contributed by atoms with van der Waals surface area (Å²) in [5.74, 6) is -1.43. The van der Waals surface area contributed by atoms with Crippen molar-refractivity contribution >= 4 is 39.4 Å². The number of carbonyl (C=O) groups excluding carboxylic acids is 2. The van der Waals surface area contributed by atoms with Gasteiger partial charge in [0.05, 0.1) is 5.75 Å². The van der Waals surface area contributed by atoms with E-state index in [1.807, 2.05) is 4.72 Å². The minimum absolute atomic E-state index is 0.0587. The Hall–Kier alpha value is -4.93. The Morgan fingerprint density at radius 2 is 1.63 bits per heavy atom. The van der Waals surface area contributed by atoms with Crippen molar-refractivity contribution in [3.8, 4) is 11.8 Å². The van der Waals surface area contributed by atoms with Gasteiger partial charge in [-0.25, -0.2) is 8.42 Å². The molecule has 1 aromatic heterocycles. The average Bonchev–Trinajstić information content (AvgIpc) is 2.94. The van der Waals surface area contributed by atoms with Gasteiger partial charge in [-0.1, -0.05) is 24.3 Å². The number of benzene rings is 2. The maximum absolute atomic E-state index is 12.7. The third-order valence-electron chi connectivity index (χ3n) is 5.49. The van der Waals surface area contributed by atoms with Crippen molar-refractivity contribution in [1.82, 2.24) is 25.0 Å². The van der Waals surface area contributed by atoms with Gasteiger partial charge in [0.2, 0.25) is 27.8 Å². The van der Waals surface area contributed by atoms with Gasteiger partial charge in [0.25, 0.3) is 5.91 Å². The van der Waals surface area contributed by atoms with Crippen LogP contribution in [0.3, 0.4) is 0 Å². The molecule has 0 saturated carbocycles. The van der Waals surface area contributed by atoms with E-state index < -0.39 is 46.4 Å². The molecule has 0 aliphatic carbocycles. The Morgan fingerprint density at radius 3 is 2.35 bits per heavy atom. The van der Waals surface area contributed by atoms with Crippen molar-refractivity contribution < 1.29 is 40.7 Å². The van der Waals surface area contributed by atoms with Crippen LogP contribution in [0.2, 0.25) is 0 Å². The number of sulfonamides is 1. The van der Waals surface area contributed by atoms with Gasteiger partial charge in [0.1, 0.15) is 12.4 Å². The van der Waals surface area contributed by atoms with Crippen molar-refractivity contribution in [1.29, 1.82) is 0 Å². The lowest BCUT2D eigenvalue weighted by molar-refractivity contribution is -0.154. The fourth-order valence-corrected chi connectivity index (χ4v) is 4.41. The van der Waals surface area contributed by atoms with Crippen LogP contribution in [0.4, 0.5) is 30.8 Å². The maximum atomic E-state index is 12.7. The SMILES string of the molecule is O=C1CCNC(=O)c2ccc(cc2)Nc2nc(nc(OCC(F)(F)F)n2)NCc2ccc(cc2)OCC=CCS(=O)(=O)N1. The van der Waals surface area contributed by atoms with E-state index in [-0.39, 0.29) is 43.6 Å². The van der Waals surface area contributed by atoms with E-state index in [1.165, 1.54) is 36.4 Å². The number of aromatic nitrogens is 3. The predicted molar refractivity (Wildman–Crippen MR) is 148 cm³/mol. The van der Waals surface area contributed by atoms with E-state index >= 15 is 0 Å². The lowest BCUT2D eigenvalue weighted by Gasteiger charge is -2.12. The van der Waals surface area contributed by atoms with Crippen molar-refractivity contribution in [3.05, 3.63) is 71.8 Å². The first-order valence-corrected chi connectivity index (χ1v) is 14.3. The first kappa shape index (κ1) is 31.0. The Bertz CT molecular complexity index is 1570. The monoisotopic (exact) mass is 621 g/mol. The Kier molecular flexibility index (Phi) is 9.97. The van der Waals surface area contributed by atoms with Crippen LogP contribution in [0.5, 0.6) is 11.8 Å². The van der Waals surface area contributed by atoms with Gasteiger partial charge in [-0.05, 0) is 42.0 Å². The molecule has 228 valence electrons. The molecule has 4 heterocycles. The normalized spacial score (nSPS) is 16.3. The highest BCUT2D eigenvalue weighted by molar-refractivity contribution is 7.90. The zero-order chi connectivity index (χ0) is 30.9. The molecule has 0 fully saturated rings. The van der Waals surface area contributed by atoms with Gasteiger partial charge in [-0.3, -0.25) is 14.3 Å². The van der Waals surface area contributed by atoms with Gasteiger partial charge in [-0.2, -0.15) is 28.1 Å². The second kappa shape index (κ2) is 13.8. The third kappa shape index (κ3) is 10.4. The summed E-state index contributed by atoms with van der Waals surface area (Å²) >= 11 is 0. The predicted octanol–water partition coefficient (Wildman–Crippen LogP) is 2.68. The Morgan fingerprint density at radius 1 is 0.907 bits per heavy atom. The lowest BCUT2D eigenvalue weighted by Crippen LogP contribution is -2.35. The second-order valence-corrected chi connectivity index (χ2v) is 10.7. The van der Waals surface area contributed by atoms with Gasteiger partial charge in [0.15, 0.2) is 6.61 Å². The number of hydrogen-bond acceptors (Lipinski definition) is 11. The summed E-state index contributed by atoms with van der Waals surface area (Å²) in [5.41, 5.74) is 1.38. The van der Waals surface area contributed by atoms with Crippen molar-refractivity contribution in [3.63, 3.8) is 0 Å². The molecule has 3 aliphatic rings. The van der Waals surface area contributed by atoms with Crippen LogP contribution in [-0.4, -0.2) is 66.9 Å². The van der Waals surface area contributed by atoms with Gasteiger partial charge >= 0.3 is 12.2 Å². The van der Waals surface area contributed by atoms with E-state index in [0.717, 1.165) is 5.56 Å². The lowest BCUT2D eigenvalue weighted by atomic mass is 10.2. The van der Waals surface area contributed by atoms with E-state index in [2.05, 4.69) is 30.9 Å². The number of fused-ring (bicyclic) bond motifs is 2. The summed E-state index contributed by atoms with van der Waals surface area (Å²) in [6.45, 7) is -1.47. The highest BCUT2D eigenvalue weighted by Gasteiger charge is 2.29. The van der Waals surface area contributed by atoms with Crippen LogP contribution in [0.15, 0.2) is 60.7 Å². The molecule has 4 N–H and O–H groups in total. The second-order valence-electron chi connectivity index (χ2n) is 8.96. The van der Waals surface area contributed by atoms with Crippen LogP contribution in [0, 0.1) is 0 Å². The van der Waals surface area contributed by atoms with Crippen LogP contribution in [0.25, 0.3) is 0 Å². The Labute approximate surface area is 244 Å². The molecule has 0 atom stereocenters. The molecule has 13 nitrogen and oxygen atoms in total. The first-order chi connectivity index (χ1) is 20.4. The van der Waals surface area contributed by atoms with Gasteiger partial charge in [0, 0.05) is 30.8 Å². The van der Waals surface area contributed by atoms with Crippen LogP contribution in [-0.2, 0) is 21.4 Å².